The van der Waals surface area contributed by atoms with Crippen LogP contribution in [0, 0.1) is 13.8 Å². The molecule has 1 N–H and O–H groups in total. The molecule has 0 saturated carbocycles. The van der Waals surface area contributed by atoms with Gasteiger partial charge in [0.1, 0.15) is 10.7 Å². The number of nitrogens with zero attached hydrogens (tertiary/aromatic N) is 3. The smallest absolute Gasteiger partial charge is 0.275 e. The van der Waals surface area contributed by atoms with Crippen molar-refractivity contribution in [2.75, 3.05) is 5.32 Å². The van der Waals surface area contributed by atoms with Crippen LogP contribution in [0.1, 0.15) is 21.1 Å². The van der Waals surface area contributed by atoms with E-state index in [4.69, 9.17) is 0 Å². The minimum atomic E-state index is -0.221. The Bertz CT molecular complexity index is 727. The Labute approximate surface area is 113 Å². The van der Waals surface area contributed by atoms with E-state index in [1.54, 1.807) is 10.7 Å². The number of amides is 1. The maximum absolute atomic E-state index is 12.1. The minimum Gasteiger partial charge on any atom is -0.321 e. The van der Waals surface area contributed by atoms with Gasteiger partial charge in [0.2, 0.25) is 4.96 Å². The largest absolute Gasteiger partial charge is 0.321 e. The van der Waals surface area contributed by atoms with Gasteiger partial charge >= 0.3 is 0 Å². The van der Waals surface area contributed by atoms with Crippen LogP contribution in [-0.2, 0) is 0 Å². The lowest BCUT2D eigenvalue weighted by Gasteiger charge is -2.03. The molecule has 2 aromatic heterocycles. The molecule has 1 aromatic carbocycles. The first kappa shape index (κ1) is 11.9. The van der Waals surface area contributed by atoms with Crippen molar-refractivity contribution in [2.45, 2.75) is 13.8 Å². The fourth-order valence-corrected chi connectivity index (χ4v) is 2.55. The fraction of sp³-hybridized carbons (Fsp3) is 0.154. The number of anilines is 1. The summed E-state index contributed by atoms with van der Waals surface area (Å²) in [4.78, 5) is 17.1. The van der Waals surface area contributed by atoms with Crippen molar-refractivity contribution in [3.05, 3.63) is 46.7 Å². The highest BCUT2D eigenvalue weighted by Crippen LogP contribution is 2.15. The molecule has 0 saturated heterocycles. The first-order valence-electron chi connectivity index (χ1n) is 5.83. The van der Waals surface area contributed by atoms with Crippen molar-refractivity contribution in [2.24, 2.45) is 0 Å². The highest BCUT2D eigenvalue weighted by molar-refractivity contribution is 7.16. The van der Waals surface area contributed by atoms with E-state index in [9.17, 15) is 4.79 Å². The summed E-state index contributed by atoms with van der Waals surface area (Å²) in [6, 6.07) is 7.65. The molecule has 96 valence electrons. The normalized spacial score (nSPS) is 10.8. The van der Waals surface area contributed by atoms with E-state index in [2.05, 4.69) is 15.4 Å². The number of benzene rings is 1. The Hall–Kier alpha value is -2.21. The van der Waals surface area contributed by atoms with Gasteiger partial charge in [-0.2, -0.15) is 5.10 Å². The van der Waals surface area contributed by atoms with Crippen LogP contribution in [0.4, 0.5) is 5.69 Å². The molecule has 6 heteroatoms. The summed E-state index contributed by atoms with van der Waals surface area (Å²) in [5.74, 6) is -0.221. The number of rotatable bonds is 2. The van der Waals surface area contributed by atoms with Crippen molar-refractivity contribution < 1.29 is 4.79 Å². The van der Waals surface area contributed by atoms with Gasteiger partial charge in [0.25, 0.3) is 5.91 Å². The van der Waals surface area contributed by atoms with E-state index in [0.29, 0.717) is 5.69 Å². The quantitative estimate of drug-likeness (QED) is 0.780. The lowest BCUT2D eigenvalue weighted by Crippen LogP contribution is -2.12. The minimum absolute atomic E-state index is 0.221. The zero-order valence-electron chi connectivity index (χ0n) is 10.5. The standard InChI is InChI=1S/C13H12N4OS/c1-8-4-3-5-10(6-8)14-12(18)11-7-17-13(15-11)19-9(2)16-17/h3-7H,1-2H3,(H,14,18). The predicted molar refractivity (Wildman–Crippen MR) is 74.7 cm³/mol. The van der Waals surface area contributed by atoms with E-state index >= 15 is 0 Å². The molecule has 0 unspecified atom stereocenters. The first-order valence-corrected chi connectivity index (χ1v) is 6.64. The molecule has 0 atom stereocenters. The van der Waals surface area contributed by atoms with E-state index < -0.39 is 0 Å². The van der Waals surface area contributed by atoms with E-state index in [-0.39, 0.29) is 5.91 Å². The van der Waals surface area contributed by atoms with Gasteiger partial charge in [-0.1, -0.05) is 23.5 Å². The summed E-state index contributed by atoms with van der Waals surface area (Å²) < 4.78 is 1.63. The molecule has 5 nitrogen and oxygen atoms in total. The van der Waals surface area contributed by atoms with Crippen molar-refractivity contribution in [1.29, 1.82) is 0 Å². The van der Waals surface area contributed by atoms with E-state index in [1.807, 2.05) is 38.1 Å². The number of aryl methyl sites for hydroxylation is 2. The van der Waals surface area contributed by atoms with Crippen molar-refractivity contribution in [3.8, 4) is 0 Å². The third-order valence-electron chi connectivity index (χ3n) is 2.65. The Morgan fingerprint density at radius 3 is 2.95 bits per heavy atom. The molecule has 3 aromatic rings. The van der Waals surface area contributed by atoms with Crippen molar-refractivity contribution >= 4 is 27.9 Å². The number of imidazole rings is 1. The van der Waals surface area contributed by atoms with Crippen LogP contribution in [0.3, 0.4) is 0 Å². The van der Waals surface area contributed by atoms with Gasteiger partial charge in [0.15, 0.2) is 0 Å². The van der Waals surface area contributed by atoms with Gasteiger partial charge in [-0.25, -0.2) is 9.50 Å². The summed E-state index contributed by atoms with van der Waals surface area (Å²) in [5.41, 5.74) is 2.24. The number of carbonyl (C=O) groups is 1. The van der Waals surface area contributed by atoms with Crippen LogP contribution in [0.25, 0.3) is 4.96 Å². The monoisotopic (exact) mass is 272 g/mol. The molecule has 0 aliphatic rings. The molecule has 0 fully saturated rings. The third-order valence-corrected chi connectivity index (χ3v) is 3.49. The molecule has 0 bridgehead atoms. The molecular weight excluding hydrogens is 260 g/mol. The number of nitrogens with one attached hydrogen (secondary N) is 1. The number of carbonyl (C=O) groups excluding carboxylic acids is 1. The summed E-state index contributed by atoms with van der Waals surface area (Å²) in [7, 11) is 0. The van der Waals surface area contributed by atoms with E-state index in [1.165, 1.54) is 11.3 Å². The zero-order chi connectivity index (χ0) is 13.4. The van der Waals surface area contributed by atoms with Gasteiger partial charge in [0.05, 0.1) is 6.20 Å². The Balaban J connectivity index is 1.85. The lowest BCUT2D eigenvalue weighted by molar-refractivity contribution is 0.102. The van der Waals surface area contributed by atoms with Crippen LogP contribution in [-0.4, -0.2) is 20.5 Å². The van der Waals surface area contributed by atoms with E-state index in [0.717, 1.165) is 21.2 Å². The summed E-state index contributed by atoms with van der Waals surface area (Å²) >= 11 is 1.46. The molecular formula is C13H12N4OS. The fourth-order valence-electron chi connectivity index (χ4n) is 1.83. The highest BCUT2D eigenvalue weighted by atomic mass is 32.1. The maximum Gasteiger partial charge on any atom is 0.275 e. The SMILES string of the molecule is Cc1cccc(NC(=O)c2cn3nc(C)sc3n2)c1. The first-order chi connectivity index (χ1) is 9.11. The number of aromatic nitrogens is 3. The van der Waals surface area contributed by atoms with Crippen LogP contribution >= 0.6 is 11.3 Å². The number of fused-ring (bicyclic) bond motifs is 1. The van der Waals surface area contributed by atoms with Gasteiger partial charge in [-0.05, 0) is 31.5 Å². The third kappa shape index (κ3) is 2.34. The molecule has 0 aliphatic carbocycles. The van der Waals surface area contributed by atoms with Crippen molar-refractivity contribution in [1.82, 2.24) is 14.6 Å². The molecule has 19 heavy (non-hydrogen) atoms. The summed E-state index contributed by atoms with van der Waals surface area (Å²) in [6.07, 6.45) is 1.64. The van der Waals surface area contributed by atoms with Crippen LogP contribution in [0.5, 0.6) is 0 Å². The number of hydrogen-bond acceptors (Lipinski definition) is 4. The van der Waals surface area contributed by atoms with Crippen LogP contribution in [0.15, 0.2) is 30.5 Å². The Morgan fingerprint density at radius 2 is 2.21 bits per heavy atom. The van der Waals surface area contributed by atoms with Crippen LogP contribution in [0.2, 0.25) is 0 Å². The average molecular weight is 272 g/mol. The molecule has 0 spiro atoms. The predicted octanol–water partition coefficient (Wildman–Crippen LogP) is 2.66. The Morgan fingerprint density at radius 1 is 1.37 bits per heavy atom. The van der Waals surface area contributed by atoms with Crippen molar-refractivity contribution in [3.63, 3.8) is 0 Å². The maximum atomic E-state index is 12.1. The van der Waals surface area contributed by atoms with Gasteiger partial charge < -0.3 is 5.32 Å². The number of hydrogen-bond donors (Lipinski definition) is 1. The topological polar surface area (TPSA) is 59.3 Å². The highest BCUT2D eigenvalue weighted by Gasteiger charge is 2.13. The molecule has 2 heterocycles. The molecule has 0 radical (unpaired) electrons. The second kappa shape index (κ2) is 4.47. The zero-order valence-corrected chi connectivity index (χ0v) is 11.4. The van der Waals surface area contributed by atoms with Gasteiger partial charge in [-0.3, -0.25) is 4.79 Å². The van der Waals surface area contributed by atoms with Crippen LogP contribution < -0.4 is 5.32 Å². The summed E-state index contributed by atoms with van der Waals surface area (Å²) in [5, 5.41) is 7.98. The van der Waals surface area contributed by atoms with Gasteiger partial charge in [-0.15, -0.1) is 0 Å². The average Bonchev–Trinajstić information content (AvgIpc) is 2.86. The lowest BCUT2D eigenvalue weighted by atomic mass is 10.2. The summed E-state index contributed by atoms with van der Waals surface area (Å²) in [6.45, 7) is 3.89. The second-order valence-electron chi connectivity index (χ2n) is 4.30. The molecule has 0 aliphatic heterocycles. The molecule has 3 rings (SSSR count). The van der Waals surface area contributed by atoms with Gasteiger partial charge in [0, 0.05) is 5.69 Å². The second-order valence-corrected chi connectivity index (χ2v) is 5.46. The molecule has 1 amide bonds. The Kier molecular flexibility index (Phi) is 2.79.